The van der Waals surface area contributed by atoms with E-state index in [1.54, 1.807) is 7.11 Å². The molecule has 2 unspecified atom stereocenters. The summed E-state index contributed by atoms with van der Waals surface area (Å²) in [6.07, 6.45) is 4.77. The Labute approximate surface area is 116 Å². The molecule has 0 aliphatic heterocycles. The predicted molar refractivity (Wildman–Crippen MR) is 74.9 cm³/mol. The normalized spacial score (nSPS) is 26.9. The van der Waals surface area contributed by atoms with Gasteiger partial charge in [-0.3, -0.25) is 4.79 Å². The van der Waals surface area contributed by atoms with Gasteiger partial charge in [0.2, 0.25) is 0 Å². The Morgan fingerprint density at radius 3 is 2.79 bits per heavy atom. The van der Waals surface area contributed by atoms with Crippen molar-refractivity contribution in [1.29, 1.82) is 0 Å². The standard InChI is InChI=1S/C14H28N2O3/c1-16(9-5-11-18-2)10-7-12-6-4-8-14(12,15)13(17)19-3/h12H,4-11,15H2,1-3H3. The summed E-state index contributed by atoms with van der Waals surface area (Å²) in [6, 6.07) is 0. The highest BCUT2D eigenvalue weighted by atomic mass is 16.5. The molecule has 0 heterocycles. The first-order valence-electron chi connectivity index (χ1n) is 7.09. The molecule has 1 aliphatic carbocycles. The average Bonchev–Trinajstić information content (AvgIpc) is 2.78. The molecule has 0 radical (unpaired) electrons. The van der Waals surface area contributed by atoms with Gasteiger partial charge in [0.15, 0.2) is 0 Å². The van der Waals surface area contributed by atoms with Crippen molar-refractivity contribution in [1.82, 2.24) is 4.90 Å². The maximum absolute atomic E-state index is 11.8. The number of hydrogen-bond donors (Lipinski definition) is 1. The Morgan fingerprint density at radius 1 is 1.42 bits per heavy atom. The second-order valence-corrected chi connectivity index (χ2v) is 5.56. The highest BCUT2D eigenvalue weighted by molar-refractivity contribution is 5.81. The van der Waals surface area contributed by atoms with E-state index in [2.05, 4.69) is 11.9 Å². The molecule has 19 heavy (non-hydrogen) atoms. The molecule has 2 N–H and O–H groups in total. The lowest BCUT2D eigenvalue weighted by molar-refractivity contribution is -0.148. The Hall–Kier alpha value is -0.650. The molecule has 112 valence electrons. The summed E-state index contributed by atoms with van der Waals surface area (Å²) < 4.78 is 9.90. The van der Waals surface area contributed by atoms with Crippen LogP contribution in [0.15, 0.2) is 0 Å². The van der Waals surface area contributed by atoms with Crippen LogP contribution in [0.2, 0.25) is 0 Å². The number of nitrogens with zero attached hydrogens (tertiary/aromatic N) is 1. The predicted octanol–water partition coefficient (Wildman–Crippen LogP) is 1.02. The third kappa shape index (κ3) is 4.44. The third-order valence-electron chi connectivity index (χ3n) is 4.18. The molecule has 0 aromatic heterocycles. The van der Waals surface area contributed by atoms with Crippen LogP contribution in [0.5, 0.6) is 0 Å². The lowest BCUT2D eigenvalue weighted by Gasteiger charge is -2.29. The smallest absolute Gasteiger partial charge is 0.326 e. The minimum atomic E-state index is -0.762. The van der Waals surface area contributed by atoms with Crippen molar-refractivity contribution in [3.05, 3.63) is 0 Å². The summed E-state index contributed by atoms with van der Waals surface area (Å²) >= 11 is 0. The number of rotatable bonds is 8. The van der Waals surface area contributed by atoms with Gasteiger partial charge < -0.3 is 20.1 Å². The molecular formula is C14H28N2O3. The lowest BCUT2D eigenvalue weighted by Crippen LogP contribution is -2.52. The second-order valence-electron chi connectivity index (χ2n) is 5.56. The van der Waals surface area contributed by atoms with Gasteiger partial charge in [-0.2, -0.15) is 0 Å². The lowest BCUT2D eigenvalue weighted by atomic mass is 9.85. The van der Waals surface area contributed by atoms with Gasteiger partial charge in [0.05, 0.1) is 7.11 Å². The van der Waals surface area contributed by atoms with Gasteiger partial charge in [-0.15, -0.1) is 0 Å². The van der Waals surface area contributed by atoms with Crippen LogP contribution >= 0.6 is 0 Å². The van der Waals surface area contributed by atoms with Crippen LogP contribution in [0, 0.1) is 5.92 Å². The first-order valence-corrected chi connectivity index (χ1v) is 7.09. The zero-order valence-electron chi connectivity index (χ0n) is 12.5. The van der Waals surface area contributed by atoms with Crippen LogP contribution in [-0.2, 0) is 14.3 Å². The fourth-order valence-electron chi connectivity index (χ4n) is 2.93. The average molecular weight is 272 g/mol. The van der Waals surface area contributed by atoms with Gasteiger partial charge in [0.25, 0.3) is 0 Å². The van der Waals surface area contributed by atoms with Gasteiger partial charge in [-0.25, -0.2) is 0 Å². The first-order chi connectivity index (χ1) is 9.04. The largest absolute Gasteiger partial charge is 0.468 e. The molecular weight excluding hydrogens is 244 g/mol. The molecule has 0 bridgehead atoms. The molecule has 1 rings (SSSR count). The van der Waals surface area contributed by atoms with E-state index >= 15 is 0 Å². The van der Waals surface area contributed by atoms with Gasteiger partial charge >= 0.3 is 5.97 Å². The topological polar surface area (TPSA) is 64.8 Å². The highest BCUT2D eigenvalue weighted by Crippen LogP contribution is 2.36. The Balaban J connectivity index is 2.37. The second kappa shape index (κ2) is 7.82. The van der Waals surface area contributed by atoms with Crippen LogP contribution in [0.1, 0.15) is 32.1 Å². The molecule has 0 aromatic carbocycles. The fourth-order valence-corrected chi connectivity index (χ4v) is 2.93. The monoisotopic (exact) mass is 272 g/mol. The van der Waals surface area contributed by atoms with Crippen molar-refractivity contribution in [3.8, 4) is 0 Å². The van der Waals surface area contributed by atoms with Crippen molar-refractivity contribution in [2.75, 3.05) is 41.0 Å². The number of nitrogens with two attached hydrogens (primary N) is 1. The molecule has 0 aromatic rings. The molecule has 1 saturated carbocycles. The maximum Gasteiger partial charge on any atom is 0.326 e. The van der Waals surface area contributed by atoms with Crippen molar-refractivity contribution in [2.24, 2.45) is 11.7 Å². The molecule has 2 atom stereocenters. The molecule has 0 saturated heterocycles. The summed E-state index contributed by atoms with van der Waals surface area (Å²) in [7, 11) is 5.24. The minimum Gasteiger partial charge on any atom is -0.468 e. The van der Waals surface area contributed by atoms with Crippen LogP contribution < -0.4 is 5.73 Å². The minimum absolute atomic E-state index is 0.241. The number of esters is 1. The van der Waals surface area contributed by atoms with Gasteiger partial charge in [0.1, 0.15) is 5.54 Å². The Kier molecular flexibility index (Phi) is 6.75. The number of carbonyl (C=O) groups is 1. The van der Waals surface area contributed by atoms with Crippen molar-refractivity contribution in [2.45, 2.75) is 37.6 Å². The molecule has 0 spiro atoms. The zero-order chi connectivity index (χ0) is 14.3. The van der Waals surface area contributed by atoms with Crippen LogP contribution in [0.3, 0.4) is 0 Å². The number of methoxy groups -OCH3 is 2. The number of ether oxygens (including phenoxy) is 2. The quantitative estimate of drug-likeness (QED) is 0.528. The van der Waals surface area contributed by atoms with Gasteiger partial charge in [-0.05, 0) is 45.2 Å². The van der Waals surface area contributed by atoms with Crippen LogP contribution in [0.4, 0.5) is 0 Å². The van der Waals surface area contributed by atoms with Crippen LogP contribution in [-0.4, -0.2) is 57.4 Å². The summed E-state index contributed by atoms with van der Waals surface area (Å²) in [5, 5.41) is 0. The van der Waals surface area contributed by atoms with E-state index in [1.165, 1.54) is 7.11 Å². The van der Waals surface area contributed by atoms with Crippen molar-refractivity contribution < 1.29 is 14.3 Å². The number of carbonyl (C=O) groups excluding carboxylic acids is 1. The molecule has 1 fully saturated rings. The van der Waals surface area contributed by atoms with E-state index in [1.807, 2.05) is 0 Å². The Morgan fingerprint density at radius 2 is 2.16 bits per heavy atom. The van der Waals surface area contributed by atoms with E-state index in [4.69, 9.17) is 15.2 Å². The molecule has 1 aliphatic rings. The third-order valence-corrected chi connectivity index (χ3v) is 4.18. The summed E-state index contributed by atoms with van der Waals surface area (Å²) in [6.45, 7) is 2.76. The van der Waals surface area contributed by atoms with E-state index in [9.17, 15) is 4.79 Å². The first kappa shape index (κ1) is 16.4. The van der Waals surface area contributed by atoms with Crippen LogP contribution in [0.25, 0.3) is 0 Å². The fraction of sp³-hybridized carbons (Fsp3) is 0.929. The SMILES string of the molecule is COCCCN(C)CCC1CCCC1(N)C(=O)OC. The number of hydrogen-bond acceptors (Lipinski definition) is 5. The molecule has 0 amide bonds. The summed E-state index contributed by atoms with van der Waals surface area (Å²) in [5.74, 6) is -0.0122. The summed E-state index contributed by atoms with van der Waals surface area (Å²) in [4.78, 5) is 14.1. The highest BCUT2D eigenvalue weighted by Gasteiger charge is 2.46. The van der Waals surface area contributed by atoms with E-state index in [-0.39, 0.29) is 11.9 Å². The van der Waals surface area contributed by atoms with Crippen molar-refractivity contribution >= 4 is 5.97 Å². The van der Waals surface area contributed by atoms with E-state index in [0.717, 1.165) is 51.8 Å². The summed E-state index contributed by atoms with van der Waals surface area (Å²) in [5.41, 5.74) is 5.49. The maximum atomic E-state index is 11.8. The molecule has 5 heteroatoms. The zero-order valence-corrected chi connectivity index (χ0v) is 12.5. The van der Waals surface area contributed by atoms with E-state index in [0.29, 0.717) is 0 Å². The van der Waals surface area contributed by atoms with Gasteiger partial charge in [-0.1, -0.05) is 6.42 Å². The van der Waals surface area contributed by atoms with Crippen molar-refractivity contribution in [3.63, 3.8) is 0 Å². The van der Waals surface area contributed by atoms with Gasteiger partial charge in [0, 0.05) is 20.3 Å². The molecule has 5 nitrogen and oxygen atoms in total. The van der Waals surface area contributed by atoms with E-state index < -0.39 is 5.54 Å². The Bertz CT molecular complexity index is 286.